The summed E-state index contributed by atoms with van der Waals surface area (Å²) in [7, 11) is 1.65. The molecule has 3 unspecified atom stereocenters. The second-order valence-electron chi connectivity index (χ2n) is 7.18. The van der Waals surface area contributed by atoms with Crippen molar-refractivity contribution >= 4 is 56.8 Å². The molecular formula is C22H25ClI2O4. The van der Waals surface area contributed by atoms with E-state index < -0.39 is 5.79 Å². The molecule has 0 amide bonds. The van der Waals surface area contributed by atoms with E-state index in [0.717, 1.165) is 33.3 Å². The van der Waals surface area contributed by atoms with Crippen LogP contribution in [-0.2, 0) is 21.7 Å². The molecule has 1 saturated heterocycles. The van der Waals surface area contributed by atoms with Gasteiger partial charge in [0.05, 0.1) is 12.7 Å². The highest BCUT2D eigenvalue weighted by molar-refractivity contribution is 14.1. The Labute approximate surface area is 204 Å². The summed E-state index contributed by atoms with van der Waals surface area (Å²) >= 11 is 11.2. The van der Waals surface area contributed by atoms with Gasteiger partial charge < -0.3 is 19.3 Å². The van der Waals surface area contributed by atoms with Gasteiger partial charge in [0.15, 0.2) is 5.79 Å². The molecule has 3 rings (SSSR count). The molecule has 158 valence electrons. The van der Waals surface area contributed by atoms with Crippen LogP contribution < -0.4 is 4.74 Å². The predicted octanol–water partition coefficient (Wildman–Crippen LogP) is 5.52. The van der Waals surface area contributed by atoms with Gasteiger partial charge in [-0.15, -0.1) is 0 Å². The molecule has 1 N–H and O–H groups in total. The summed E-state index contributed by atoms with van der Waals surface area (Å²) in [5.41, 5.74) is 2.86. The van der Waals surface area contributed by atoms with Gasteiger partial charge in [0.1, 0.15) is 12.4 Å². The summed E-state index contributed by atoms with van der Waals surface area (Å²) in [6.45, 7) is 1.09. The van der Waals surface area contributed by atoms with Crippen LogP contribution in [0.15, 0.2) is 42.5 Å². The van der Waals surface area contributed by atoms with E-state index in [1.807, 2.05) is 42.5 Å². The van der Waals surface area contributed by atoms with Gasteiger partial charge >= 0.3 is 0 Å². The van der Waals surface area contributed by atoms with Crippen molar-refractivity contribution in [3.63, 3.8) is 0 Å². The lowest BCUT2D eigenvalue weighted by molar-refractivity contribution is -0.254. The second kappa shape index (κ2) is 10.9. The lowest BCUT2D eigenvalue weighted by atomic mass is 9.93. The van der Waals surface area contributed by atoms with Gasteiger partial charge in [-0.3, -0.25) is 0 Å². The lowest BCUT2D eigenvalue weighted by Gasteiger charge is -2.39. The summed E-state index contributed by atoms with van der Waals surface area (Å²) in [6, 6.07) is 13.7. The average molecular weight is 643 g/mol. The highest BCUT2D eigenvalue weighted by Gasteiger charge is 2.40. The van der Waals surface area contributed by atoms with Crippen LogP contribution in [0.5, 0.6) is 5.75 Å². The second-order valence-corrected chi connectivity index (χ2v) is 10.2. The van der Waals surface area contributed by atoms with E-state index in [9.17, 15) is 5.11 Å². The van der Waals surface area contributed by atoms with E-state index >= 15 is 0 Å². The zero-order chi connectivity index (χ0) is 20.9. The maximum atomic E-state index is 11.2. The smallest absolute Gasteiger partial charge is 0.193 e. The normalized spacial score (nSPS) is 24.4. The number of benzene rings is 2. The third-order valence-corrected chi connectivity index (χ3v) is 7.22. The van der Waals surface area contributed by atoms with Crippen LogP contribution in [-0.4, -0.2) is 39.9 Å². The fourth-order valence-electron chi connectivity index (χ4n) is 3.44. The molecule has 0 aromatic heterocycles. The van der Waals surface area contributed by atoms with Crippen molar-refractivity contribution in [3.8, 4) is 5.75 Å². The van der Waals surface area contributed by atoms with Crippen LogP contribution in [0.2, 0.25) is 5.02 Å². The van der Waals surface area contributed by atoms with Gasteiger partial charge in [-0.2, -0.15) is 0 Å². The number of ether oxygens (including phenoxy) is 3. The summed E-state index contributed by atoms with van der Waals surface area (Å²) in [4.78, 5) is 0. The number of hydrogen-bond donors (Lipinski definition) is 1. The highest BCUT2D eigenvalue weighted by Crippen LogP contribution is 2.40. The first kappa shape index (κ1) is 23.5. The Morgan fingerprint density at radius 2 is 1.97 bits per heavy atom. The summed E-state index contributed by atoms with van der Waals surface area (Å²) < 4.78 is 17.9. The molecular weight excluding hydrogens is 617 g/mol. The van der Waals surface area contributed by atoms with Gasteiger partial charge in [0, 0.05) is 32.5 Å². The Bertz CT molecular complexity index is 802. The van der Waals surface area contributed by atoms with E-state index in [4.69, 9.17) is 25.8 Å². The van der Waals surface area contributed by atoms with Crippen molar-refractivity contribution in [3.05, 3.63) is 64.2 Å². The zero-order valence-corrected chi connectivity index (χ0v) is 21.3. The van der Waals surface area contributed by atoms with Gasteiger partial charge in [0.2, 0.25) is 0 Å². The first-order chi connectivity index (χ1) is 13.9. The number of halogens is 3. The van der Waals surface area contributed by atoms with E-state index in [1.165, 1.54) is 0 Å². The summed E-state index contributed by atoms with van der Waals surface area (Å²) in [6.07, 6.45) is 2.27. The molecule has 3 atom stereocenters. The summed E-state index contributed by atoms with van der Waals surface area (Å²) in [5.74, 6) is -0.452. The van der Waals surface area contributed by atoms with Crippen molar-refractivity contribution in [1.82, 2.24) is 0 Å². The average Bonchev–Trinajstić information content (AvgIpc) is 2.70. The van der Waals surface area contributed by atoms with Gasteiger partial charge in [-0.05, 0) is 48.2 Å². The van der Waals surface area contributed by atoms with E-state index in [0.29, 0.717) is 35.0 Å². The molecule has 1 fully saturated rings. The Morgan fingerprint density at radius 1 is 1.21 bits per heavy atom. The minimum Gasteiger partial charge on any atom is -0.491 e. The maximum Gasteiger partial charge on any atom is 0.193 e. The standard InChI is InChI=1S/C22H25ClI2O4/c1-27-8-9-28-19-5-2-15(3-6-19)10-16-11-17(4-7-21(16)23)22(26)13-18(25)12-20(14-24)29-22/h2-7,11,18,20,26H,8-10,12-14H2,1H3. The first-order valence-corrected chi connectivity index (χ1v) is 12.7. The Kier molecular flexibility index (Phi) is 8.88. The third kappa shape index (κ3) is 6.43. The molecule has 2 aromatic carbocycles. The molecule has 1 aliphatic heterocycles. The Balaban J connectivity index is 1.75. The molecule has 2 aromatic rings. The SMILES string of the molecule is COCCOc1ccc(Cc2cc(C3(O)CC(I)CC(CI)O3)ccc2Cl)cc1. The van der Waals surface area contributed by atoms with Crippen molar-refractivity contribution in [2.24, 2.45) is 0 Å². The van der Waals surface area contributed by atoms with Crippen molar-refractivity contribution < 1.29 is 19.3 Å². The van der Waals surface area contributed by atoms with Gasteiger partial charge in [-0.25, -0.2) is 0 Å². The largest absolute Gasteiger partial charge is 0.491 e. The minimum absolute atomic E-state index is 0.0565. The van der Waals surface area contributed by atoms with Gasteiger partial charge in [0.25, 0.3) is 0 Å². The molecule has 0 spiro atoms. The molecule has 0 aliphatic carbocycles. The van der Waals surface area contributed by atoms with Crippen LogP contribution in [0.3, 0.4) is 0 Å². The zero-order valence-electron chi connectivity index (χ0n) is 16.2. The first-order valence-electron chi connectivity index (χ1n) is 9.53. The van der Waals surface area contributed by atoms with E-state index in [1.54, 1.807) is 7.11 Å². The maximum absolute atomic E-state index is 11.2. The molecule has 7 heteroatoms. The van der Waals surface area contributed by atoms with E-state index in [-0.39, 0.29) is 6.10 Å². The number of rotatable bonds is 8. The molecule has 0 saturated carbocycles. The highest BCUT2D eigenvalue weighted by atomic mass is 127. The molecule has 0 radical (unpaired) electrons. The van der Waals surface area contributed by atoms with Crippen molar-refractivity contribution in [2.75, 3.05) is 24.8 Å². The van der Waals surface area contributed by atoms with E-state index in [2.05, 4.69) is 45.2 Å². The monoisotopic (exact) mass is 642 g/mol. The van der Waals surface area contributed by atoms with Crippen molar-refractivity contribution in [2.45, 2.75) is 35.1 Å². The topological polar surface area (TPSA) is 47.9 Å². The third-order valence-electron chi connectivity index (χ3n) is 4.92. The fraction of sp³-hybridized carbons (Fsp3) is 0.455. The quantitative estimate of drug-likeness (QED) is 0.234. The number of aliphatic hydroxyl groups is 1. The predicted molar refractivity (Wildman–Crippen MR) is 133 cm³/mol. The molecule has 4 nitrogen and oxygen atoms in total. The van der Waals surface area contributed by atoms with Crippen LogP contribution in [0.25, 0.3) is 0 Å². The minimum atomic E-state index is -1.27. The van der Waals surface area contributed by atoms with Gasteiger partial charge in [-0.1, -0.05) is 75.0 Å². The Hall–Kier alpha value is -0.130. The van der Waals surface area contributed by atoms with Crippen LogP contribution >= 0.6 is 56.8 Å². The molecule has 0 bridgehead atoms. The molecule has 29 heavy (non-hydrogen) atoms. The fourth-order valence-corrected chi connectivity index (χ4v) is 5.33. The van der Waals surface area contributed by atoms with Crippen LogP contribution in [0.4, 0.5) is 0 Å². The Morgan fingerprint density at radius 3 is 2.66 bits per heavy atom. The lowest BCUT2D eigenvalue weighted by Crippen LogP contribution is -2.43. The number of methoxy groups -OCH3 is 1. The van der Waals surface area contributed by atoms with Crippen molar-refractivity contribution in [1.29, 1.82) is 0 Å². The van der Waals surface area contributed by atoms with Crippen LogP contribution in [0, 0.1) is 0 Å². The molecule has 1 heterocycles. The number of hydrogen-bond acceptors (Lipinski definition) is 4. The molecule has 1 aliphatic rings. The van der Waals surface area contributed by atoms with Crippen LogP contribution in [0.1, 0.15) is 29.5 Å². The number of alkyl halides is 2. The summed E-state index contributed by atoms with van der Waals surface area (Å²) in [5, 5.41) is 11.9.